The average Bonchev–Trinajstić information content (AvgIpc) is 2.62. The van der Waals surface area contributed by atoms with Crippen LogP contribution in [-0.2, 0) is 4.79 Å². The van der Waals surface area contributed by atoms with Gasteiger partial charge in [0.1, 0.15) is 11.6 Å². The summed E-state index contributed by atoms with van der Waals surface area (Å²) in [7, 11) is 0. The van der Waals surface area contributed by atoms with Crippen molar-refractivity contribution in [3.8, 4) is 17.2 Å². The van der Waals surface area contributed by atoms with Crippen molar-refractivity contribution >= 4 is 5.91 Å². The Balaban J connectivity index is 1.96. The van der Waals surface area contributed by atoms with Crippen molar-refractivity contribution in [2.45, 2.75) is 26.8 Å². The smallest absolute Gasteiger partial charge is 0.258 e. The Kier molecular flexibility index (Phi) is 7.26. The van der Waals surface area contributed by atoms with E-state index in [2.05, 4.69) is 5.32 Å². The summed E-state index contributed by atoms with van der Waals surface area (Å²) in [6.07, 6.45) is 0. The monoisotopic (exact) mass is 361 g/mol. The highest BCUT2D eigenvalue weighted by molar-refractivity contribution is 5.78. The average molecular weight is 361 g/mol. The number of benzene rings is 2. The first-order valence-corrected chi connectivity index (χ1v) is 8.60. The van der Waals surface area contributed by atoms with Crippen LogP contribution in [0.2, 0.25) is 0 Å². The molecule has 0 spiro atoms. The molecule has 0 heterocycles. The summed E-state index contributed by atoms with van der Waals surface area (Å²) in [6, 6.07) is 11.0. The van der Waals surface area contributed by atoms with Gasteiger partial charge in [-0.1, -0.05) is 12.1 Å². The number of rotatable bonds is 9. The molecule has 1 amide bonds. The standard InChI is InChI=1S/C20H24FNO4/c1-4-24-18-10-9-15(11-19(18)25-5-2)14(3)22-20(23)13-26-17-8-6-7-16(21)12-17/h6-12,14H,4-5,13H2,1-3H3,(H,22,23). The van der Waals surface area contributed by atoms with Crippen LogP contribution in [0.15, 0.2) is 42.5 Å². The topological polar surface area (TPSA) is 56.8 Å². The summed E-state index contributed by atoms with van der Waals surface area (Å²) in [5, 5.41) is 2.85. The first kappa shape index (κ1) is 19.6. The van der Waals surface area contributed by atoms with E-state index in [-0.39, 0.29) is 18.6 Å². The summed E-state index contributed by atoms with van der Waals surface area (Å²) >= 11 is 0. The number of carbonyl (C=O) groups excluding carboxylic acids is 1. The second-order valence-electron chi connectivity index (χ2n) is 5.61. The van der Waals surface area contributed by atoms with Gasteiger partial charge < -0.3 is 19.5 Å². The van der Waals surface area contributed by atoms with Gasteiger partial charge in [0.05, 0.1) is 19.3 Å². The maximum atomic E-state index is 13.1. The number of carbonyl (C=O) groups is 1. The molecule has 1 unspecified atom stereocenters. The second kappa shape index (κ2) is 9.65. The van der Waals surface area contributed by atoms with E-state index in [1.807, 2.05) is 39.0 Å². The van der Waals surface area contributed by atoms with Crippen LogP contribution in [0.4, 0.5) is 4.39 Å². The van der Waals surface area contributed by atoms with Gasteiger partial charge in [0.25, 0.3) is 5.91 Å². The van der Waals surface area contributed by atoms with Crippen LogP contribution in [0, 0.1) is 5.82 Å². The van der Waals surface area contributed by atoms with E-state index < -0.39 is 5.82 Å². The van der Waals surface area contributed by atoms with Crippen LogP contribution in [0.3, 0.4) is 0 Å². The van der Waals surface area contributed by atoms with Crippen LogP contribution >= 0.6 is 0 Å². The van der Waals surface area contributed by atoms with Crippen molar-refractivity contribution in [1.29, 1.82) is 0 Å². The molecule has 0 aromatic heterocycles. The lowest BCUT2D eigenvalue weighted by Crippen LogP contribution is -2.31. The van der Waals surface area contributed by atoms with E-state index >= 15 is 0 Å². The molecule has 2 aromatic carbocycles. The number of ether oxygens (including phenoxy) is 3. The number of hydrogen-bond donors (Lipinski definition) is 1. The Labute approximate surface area is 153 Å². The third-order valence-corrected chi connectivity index (χ3v) is 3.61. The molecule has 0 fully saturated rings. The first-order valence-electron chi connectivity index (χ1n) is 8.60. The number of nitrogens with one attached hydrogen (secondary N) is 1. The molecule has 6 heteroatoms. The van der Waals surface area contributed by atoms with Crippen LogP contribution < -0.4 is 19.5 Å². The van der Waals surface area contributed by atoms with E-state index in [9.17, 15) is 9.18 Å². The highest BCUT2D eigenvalue weighted by atomic mass is 19.1. The molecule has 0 saturated carbocycles. The highest BCUT2D eigenvalue weighted by Gasteiger charge is 2.14. The van der Waals surface area contributed by atoms with E-state index in [1.54, 1.807) is 6.07 Å². The van der Waals surface area contributed by atoms with Gasteiger partial charge in [-0.05, 0) is 50.6 Å². The summed E-state index contributed by atoms with van der Waals surface area (Å²) in [5.74, 6) is 0.922. The minimum absolute atomic E-state index is 0.191. The molecule has 1 atom stereocenters. The zero-order chi connectivity index (χ0) is 18.9. The molecule has 0 bridgehead atoms. The van der Waals surface area contributed by atoms with E-state index in [4.69, 9.17) is 14.2 Å². The molecule has 0 aliphatic carbocycles. The fourth-order valence-electron chi connectivity index (χ4n) is 2.41. The van der Waals surface area contributed by atoms with Crippen molar-refractivity contribution in [2.24, 2.45) is 0 Å². The maximum Gasteiger partial charge on any atom is 0.258 e. The van der Waals surface area contributed by atoms with Gasteiger partial charge in [-0.2, -0.15) is 0 Å². The van der Waals surface area contributed by atoms with Crippen molar-refractivity contribution in [3.63, 3.8) is 0 Å². The highest BCUT2D eigenvalue weighted by Crippen LogP contribution is 2.30. The van der Waals surface area contributed by atoms with Gasteiger partial charge in [0.2, 0.25) is 0 Å². The predicted molar refractivity (Wildman–Crippen MR) is 97.2 cm³/mol. The molecule has 0 saturated heterocycles. The Morgan fingerprint density at radius 3 is 2.46 bits per heavy atom. The van der Waals surface area contributed by atoms with Crippen molar-refractivity contribution in [1.82, 2.24) is 5.32 Å². The van der Waals surface area contributed by atoms with Crippen LogP contribution in [-0.4, -0.2) is 25.7 Å². The van der Waals surface area contributed by atoms with Gasteiger partial charge in [0, 0.05) is 6.07 Å². The lowest BCUT2D eigenvalue weighted by Gasteiger charge is -2.17. The molecule has 1 N–H and O–H groups in total. The van der Waals surface area contributed by atoms with Gasteiger partial charge in [-0.3, -0.25) is 4.79 Å². The second-order valence-corrected chi connectivity index (χ2v) is 5.61. The predicted octanol–water partition coefficient (Wildman–Crippen LogP) is 3.88. The summed E-state index contributed by atoms with van der Waals surface area (Å²) < 4.78 is 29.6. The lowest BCUT2D eigenvalue weighted by atomic mass is 10.1. The Morgan fingerprint density at radius 2 is 1.77 bits per heavy atom. The third-order valence-electron chi connectivity index (χ3n) is 3.61. The van der Waals surface area contributed by atoms with Crippen LogP contribution in [0.25, 0.3) is 0 Å². The van der Waals surface area contributed by atoms with Crippen molar-refractivity contribution in [2.75, 3.05) is 19.8 Å². The van der Waals surface area contributed by atoms with Gasteiger partial charge >= 0.3 is 0 Å². The lowest BCUT2D eigenvalue weighted by molar-refractivity contribution is -0.123. The zero-order valence-electron chi connectivity index (χ0n) is 15.3. The normalized spacial score (nSPS) is 11.5. The van der Waals surface area contributed by atoms with E-state index in [1.165, 1.54) is 18.2 Å². The summed E-state index contributed by atoms with van der Waals surface area (Å²) in [6.45, 7) is 6.55. The third kappa shape index (κ3) is 5.65. The first-order chi connectivity index (χ1) is 12.5. The fourth-order valence-corrected chi connectivity index (χ4v) is 2.41. The van der Waals surface area contributed by atoms with E-state index in [0.29, 0.717) is 30.5 Å². The number of amides is 1. The molecule has 5 nitrogen and oxygen atoms in total. The Bertz CT molecular complexity index is 736. The minimum atomic E-state index is -0.408. The number of halogens is 1. The molecule has 2 rings (SSSR count). The molecule has 0 aliphatic rings. The van der Waals surface area contributed by atoms with Crippen LogP contribution in [0.5, 0.6) is 17.2 Å². The van der Waals surface area contributed by atoms with Gasteiger partial charge in [0.15, 0.2) is 18.1 Å². The Morgan fingerprint density at radius 1 is 1.04 bits per heavy atom. The minimum Gasteiger partial charge on any atom is -0.490 e. The van der Waals surface area contributed by atoms with Crippen molar-refractivity contribution in [3.05, 3.63) is 53.8 Å². The summed E-state index contributed by atoms with van der Waals surface area (Å²) in [5.41, 5.74) is 0.885. The molecular weight excluding hydrogens is 337 g/mol. The van der Waals surface area contributed by atoms with Gasteiger partial charge in [-0.25, -0.2) is 4.39 Å². The molecule has 2 aromatic rings. The molecular formula is C20H24FNO4. The molecule has 26 heavy (non-hydrogen) atoms. The fraction of sp³-hybridized carbons (Fsp3) is 0.350. The maximum absolute atomic E-state index is 13.1. The van der Waals surface area contributed by atoms with Gasteiger partial charge in [-0.15, -0.1) is 0 Å². The molecule has 140 valence electrons. The SMILES string of the molecule is CCOc1ccc(C(C)NC(=O)COc2cccc(F)c2)cc1OCC. The van der Waals surface area contributed by atoms with Crippen molar-refractivity contribution < 1.29 is 23.4 Å². The quantitative estimate of drug-likeness (QED) is 0.736. The zero-order valence-corrected chi connectivity index (χ0v) is 15.3. The van der Waals surface area contributed by atoms with Crippen LogP contribution in [0.1, 0.15) is 32.4 Å². The largest absolute Gasteiger partial charge is 0.490 e. The number of hydrogen-bond acceptors (Lipinski definition) is 4. The molecule has 0 aliphatic heterocycles. The summed E-state index contributed by atoms with van der Waals surface area (Å²) in [4.78, 5) is 12.1. The van der Waals surface area contributed by atoms with E-state index in [0.717, 1.165) is 5.56 Å². The Hall–Kier alpha value is -2.76. The molecule has 0 radical (unpaired) electrons.